The third-order valence-electron chi connectivity index (χ3n) is 8.09. The summed E-state index contributed by atoms with van der Waals surface area (Å²) in [5, 5.41) is 2.55. The van der Waals surface area contributed by atoms with E-state index >= 15 is 0 Å². The van der Waals surface area contributed by atoms with Crippen LogP contribution in [-0.4, -0.2) is 96.9 Å². The van der Waals surface area contributed by atoms with Gasteiger partial charge in [-0.2, -0.15) is 0 Å². The van der Waals surface area contributed by atoms with E-state index in [9.17, 15) is 28.8 Å². The number of anilines is 1. The predicted molar refractivity (Wildman–Crippen MR) is 201 cm³/mol. The van der Waals surface area contributed by atoms with E-state index in [0.717, 1.165) is 15.4 Å². The number of rotatable bonds is 17. The van der Waals surface area contributed by atoms with Crippen LogP contribution >= 0.6 is 0 Å². The van der Waals surface area contributed by atoms with Gasteiger partial charge in [-0.3, -0.25) is 15.0 Å². The lowest BCUT2D eigenvalue weighted by Gasteiger charge is -2.33. The molecule has 1 N–H and O–H groups in total. The normalized spacial score (nSPS) is 13.5. The number of nitrogens with zero attached hydrogens (tertiary/aromatic N) is 2. The van der Waals surface area contributed by atoms with E-state index in [1.807, 2.05) is 45.9 Å². The van der Waals surface area contributed by atoms with Gasteiger partial charge in [-0.1, -0.05) is 70.2 Å². The molecule has 14 nitrogen and oxygen atoms in total. The third kappa shape index (κ3) is 15.1. The number of carbonyl (C=O) groups excluding carboxylic acids is 6. The van der Waals surface area contributed by atoms with Crippen molar-refractivity contribution in [3.05, 3.63) is 65.7 Å². The highest BCUT2D eigenvalue weighted by Crippen LogP contribution is 2.22. The minimum absolute atomic E-state index is 0.0108. The fourth-order valence-corrected chi connectivity index (χ4v) is 5.21. The molecule has 0 heterocycles. The second-order valence-electron chi connectivity index (χ2n) is 14.9. The van der Waals surface area contributed by atoms with E-state index in [1.54, 1.807) is 57.2 Å². The van der Waals surface area contributed by atoms with Gasteiger partial charge in [0, 0.05) is 26.2 Å². The Labute approximate surface area is 318 Å². The van der Waals surface area contributed by atoms with Gasteiger partial charge >= 0.3 is 30.1 Å². The number of nitrogens with one attached hydrogen (secondary N) is 1. The molecule has 2 aromatic rings. The first-order chi connectivity index (χ1) is 25.2. The number of amides is 3. The summed E-state index contributed by atoms with van der Waals surface area (Å²) in [5.41, 5.74) is 0.915. The van der Waals surface area contributed by atoms with Crippen molar-refractivity contribution in [3.63, 3.8) is 0 Å². The van der Waals surface area contributed by atoms with Gasteiger partial charge < -0.3 is 28.6 Å². The Kier molecular flexibility index (Phi) is 17.4. The van der Waals surface area contributed by atoms with Crippen molar-refractivity contribution in [2.75, 3.05) is 26.5 Å². The number of ether oxygens (including phenoxy) is 5. The van der Waals surface area contributed by atoms with Crippen LogP contribution < -0.4 is 5.32 Å². The second-order valence-corrected chi connectivity index (χ2v) is 14.9. The zero-order chi connectivity index (χ0) is 40.7. The molecule has 298 valence electrons. The van der Waals surface area contributed by atoms with Crippen molar-refractivity contribution in [3.8, 4) is 0 Å². The van der Waals surface area contributed by atoms with Crippen molar-refractivity contribution < 1.29 is 52.5 Å². The molecule has 0 unspecified atom stereocenters. The largest absolute Gasteiger partial charge is 0.458 e. The summed E-state index contributed by atoms with van der Waals surface area (Å²) in [5.74, 6) is -3.30. The number of hydrogen-bond donors (Lipinski definition) is 1. The smallest absolute Gasteiger partial charge is 0.411 e. The average molecular weight is 756 g/mol. The van der Waals surface area contributed by atoms with Crippen LogP contribution in [0.2, 0.25) is 0 Å². The van der Waals surface area contributed by atoms with Gasteiger partial charge in [-0.05, 0) is 75.6 Å². The van der Waals surface area contributed by atoms with E-state index in [1.165, 1.54) is 28.1 Å². The number of carbonyl (C=O) groups is 6. The molecule has 2 aromatic carbocycles. The maximum Gasteiger partial charge on any atom is 0.411 e. The van der Waals surface area contributed by atoms with Crippen LogP contribution in [0.5, 0.6) is 0 Å². The van der Waals surface area contributed by atoms with Gasteiger partial charge in [0.05, 0.1) is 7.11 Å². The molecule has 14 heteroatoms. The van der Waals surface area contributed by atoms with Gasteiger partial charge in [0.2, 0.25) is 0 Å². The standard InChI is InChI=1S/C40H57N3O11/c1-25(2)21-31(36(46)52-27(5)35(45)51-24-29-15-13-12-14-16-29)42(9)34(44)33(23-28-17-19-30(20-18-28)41-38(48)50-11)53-37(47)32(22-26(3)4)43(10)39(49)54-40(6,7)8/h12-20,25-27,31-33H,21-24H2,1-11H3,(H,41,48)/t27-,31-,32-,33-/m1/s1. The van der Waals surface area contributed by atoms with Gasteiger partial charge in [0.25, 0.3) is 5.91 Å². The number of likely N-dealkylation sites (N-methyl/N-ethyl adjacent to an activating group) is 2. The molecule has 4 atom stereocenters. The molecule has 0 radical (unpaired) electrons. The number of esters is 3. The molecule has 0 aliphatic carbocycles. The Morgan fingerprint density at radius 1 is 0.704 bits per heavy atom. The Morgan fingerprint density at radius 2 is 1.24 bits per heavy atom. The molecule has 0 aliphatic rings. The van der Waals surface area contributed by atoms with Crippen molar-refractivity contribution in [2.24, 2.45) is 11.8 Å². The molecule has 54 heavy (non-hydrogen) atoms. The minimum atomic E-state index is -1.46. The van der Waals surface area contributed by atoms with E-state index in [4.69, 9.17) is 18.9 Å². The fraction of sp³-hybridized carbons (Fsp3) is 0.550. The molecular weight excluding hydrogens is 698 g/mol. The second kappa shape index (κ2) is 20.9. The first-order valence-electron chi connectivity index (χ1n) is 18.0. The summed E-state index contributed by atoms with van der Waals surface area (Å²) < 4.78 is 27.0. The Bertz CT molecular complexity index is 1550. The Hall–Kier alpha value is -5.14. The van der Waals surface area contributed by atoms with Crippen molar-refractivity contribution >= 4 is 41.7 Å². The molecule has 0 bridgehead atoms. The summed E-state index contributed by atoms with van der Waals surface area (Å²) in [6.45, 7) is 14.0. The summed E-state index contributed by atoms with van der Waals surface area (Å²) in [4.78, 5) is 81.7. The minimum Gasteiger partial charge on any atom is -0.458 e. The summed E-state index contributed by atoms with van der Waals surface area (Å²) >= 11 is 0. The van der Waals surface area contributed by atoms with Crippen LogP contribution in [0.1, 0.15) is 79.4 Å². The third-order valence-corrected chi connectivity index (χ3v) is 8.09. The zero-order valence-electron chi connectivity index (χ0n) is 33.4. The van der Waals surface area contributed by atoms with Crippen LogP contribution in [0, 0.1) is 11.8 Å². The lowest BCUT2D eigenvalue weighted by atomic mass is 10.0. The van der Waals surface area contributed by atoms with Crippen molar-refractivity contribution in [2.45, 2.75) is 111 Å². The summed E-state index contributed by atoms with van der Waals surface area (Å²) in [6, 6.07) is 13.2. The number of benzene rings is 2. The number of methoxy groups -OCH3 is 1. The van der Waals surface area contributed by atoms with Crippen LogP contribution in [0.25, 0.3) is 0 Å². The Morgan fingerprint density at radius 3 is 1.76 bits per heavy atom. The maximum absolute atomic E-state index is 14.3. The van der Waals surface area contributed by atoms with E-state index in [0.29, 0.717) is 11.3 Å². The SMILES string of the molecule is COC(=O)Nc1ccc(C[C@@H](OC(=O)[C@@H](CC(C)C)N(C)C(=O)OC(C)(C)C)C(=O)N(C)[C@H](CC(C)C)C(=O)O[C@H](C)C(=O)OCc2ccccc2)cc1. The van der Waals surface area contributed by atoms with Gasteiger partial charge in [-0.25, -0.2) is 24.0 Å². The topological polar surface area (TPSA) is 167 Å². The highest BCUT2D eigenvalue weighted by atomic mass is 16.6. The van der Waals surface area contributed by atoms with Crippen LogP contribution in [0.15, 0.2) is 54.6 Å². The van der Waals surface area contributed by atoms with E-state index in [-0.39, 0.29) is 37.7 Å². The summed E-state index contributed by atoms with van der Waals surface area (Å²) in [7, 11) is 4.06. The number of hydrogen-bond acceptors (Lipinski definition) is 11. The molecular formula is C40H57N3O11. The van der Waals surface area contributed by atoms with Crippen molar-refractivity contribution in [1.82, 2.24) is 9.80 Å². The average Bonchev–Trinajstić information content (AvgIpc) is 3.10. The monoisotopic (exact) mass is 755 g/mol. The van der Waals surface area contributed by atoms with Crippen molar-refractivity contribution in [1.29, 1.82) is 0 Å². The fourth-order valence-electron chi connectivity index (χ4n) is 5.21. The lowest BCUT2D eigenvalue weighted by molar-refractivity contribution is -0.174. The zero-order valence-corrected chi connectivity index (χ0v) is 33.4. The molecule has 0 aromatic heterocycles. The van der Waals surface area contributed by atoms with Crippen LogP contribution in [0.4, 0.5) is 15.3 Å². The highest BCUT2D eigenvalue weighted by Gasteiger charge is 2.39. The first-order valence-corrected chi connectivity index (χ1v) is 18.0. The first kappa shape index (κ1) is 45.0. The molecule has 0 aliphatic heterocycles. The molecule has 0 saturated carbocycles. The summed E-state index contributed by atoms with van der Waals surface area (Å²) in [6.07, 6.45) is -3.89. The molecule has 3 amide bonds. The Balaban J connectivity index is 2.41. The maximum atomic E-state index is 14.3. The lowest BCUT2D eigenvalue weighted by Crippen LogP contribution is -2.52. The predicted octanol–water partition coefficient (Wildman–Crippen LogP) is 6.15. The van der Waals surface area contributed by atoms with E-state index in [2.05, 4.69) is 10.1 Å². The molecule has 0 spiro atoms. The van der Waals surface area contributed by atoms with Gasteiger partial charge in [0.15, 0.2) is 12.2 Å². The van der Waals surface area contributed by atoms with E-state index < -0.39 is 65.9 Å². The molecule has 0 saturated heterocycles. The van der Waals surface area contributed by atoms with Crippen LogP contribution in [0.3, 0.4) is 0 Å². The molecule has 0 fully saturated rings. The highest BCUT2D eigenvalue weighted by molar-refractivity contribution is 5.90. The molecule has 2 rings (SSSR count). The quantitative estimate of drug-likeness (QED) is 0.145. The van der Waals surface area contributed by atoms with Gasteiger partial charge in [-0.15, -0.1) is 0 Å². The van der Waals surface area contributed by atoms with Crippen LogP contribution in [-0.2, 0) is 55.9 Å². The van der Waals surface area contributed by atoms with Gasteiger partial charge in [0.1, 0.15) is 24.3 Å².